The number of hydrazine groups is 1. The van der Waals surface area contributed by atoms with E-state index in [0.29, 0.717) is 16.1 Å². The maximum Gasteiger partial charge on any atom is 0.137 e. The molecule has 0 fully saturated rings. The summed E-state index contributed by atoms with van der Waals surface area (Å²) in [7, 11) is 1.66. The third-order valence-electron chi connectivity index (χ3n) is 2.01. The number of anilines is 1. The van der Waals surface area contributed by atoms with Crippen LogP contribution in [0.4, 0.5) is 10.1 Å². The summed E-state index contributed by atoms with van der Waals surface area (Å²) in [6.07, 6.45) is 0. The molecule has 1 aromatic rings. The monoisotopic (exact) mass is 230 g/mol. The number of benzene rings is 1. The average Bonchev–Trinajstić information content (AvgIpc) is 2.20. The molecule has 0 saturated heterocycles. The minimum atomic E-state index is -0.309. The number of hydrogen-bond donors (Lipinski definition) is 2. The largest absolute Gasteiger partial charge is 0.392 e. The van der Waals surface area contributed by atoms with Gasteiger partial charge in [0.2, 0.25) is 0 Å². The van der Waals surface area contributed by atoms with Crippen molar-refractivity contribution in [1.29, 1.82) is 0 Å². The van der Waals surface area contributed by atoms with Gasteiger partial charge in [-0.15, -0.1) is 11.8 Å². The maximum atomic E-state index is 13.5. The van der Waals surface area contributed by atoms with Crippen molar-refractivity contribution in [2.75, 3.05) is 17.8 Å². The third-order valence-corrected chi connectivity index (χ3v) is 3.03. The van der Waals surface area contributed by atoms with E-state index in [0.717, 1.165) is 5.75 Å². The van der Waals surface area contributed by atoms with Gasteiger partial charge in [-0.1, -0.05) is 6.92 Å². The Hall–Kier alpha value is -0.780. The Morgan fingerprint density at radius 2 is 2.20 bits per heavy atom. The molecule has 0 aliphatic rings. The van der Waals surface area contributed by atoms with E-state index in [-0.39, 0.29) is 12.4 Å². The van der Waals surface area contributed by atoms with Crippen LogP contribution in [0.2, 0.25) is 0 Å². The first-order valence-electron chi connectivity index (χ1n) is 4.65. The minimum absolute atomic E-state index is 0.211. The first kappa shape index (κ1) is 12.3. The topological polar surface area (TPSA) is 49.5 Å². The van der Waals surface area contributed by atoms with Gasteiger partial charge in [-0.3, -0.25) is 0 Å². The van der Waals surface area contributed by atoms with Gasteiger partial charge in [-0.25, -0.2) is 10.2 Å². The summed E-state index contributed by atoms with van der Waals surface area (Å²) < 4.78 is 13.5. The minimum Gasteiger partial charge on any atom is -0.392 e. The number of nitrogens with zero attached hydrogens (tertiary/aromatic N) is 1. The molecule has 0 radical (unpaired) electrons. The molecule has 3 N–H and O–H groups in total. The van der Waals surface area contributed by atoms with E-state index in [4.69, 9.17) is 5.84 Å². The molecule has 0 bridgehead atoms. The van der Waals surface area contributed by atoms with Crippen molar-refractivity contribution in [3.8, 4) is 0 Å². The first-order valence-corrected chi connectivity index (χ1v) is 5.63. The normalized spacial score (nSPS) is 10.5. The Morgan fingerprint density at radius 1 is 1.53 bits per heavy atom. The predicted molar refractivity (Wildman–Crippen MR) is 61.3 cm³/mol. The highest BCUT2D eigenvalue weighted by molar-refractivity contribution is 7.99. The fourth-order valence-corrected chi connectivity index (χ4v) is 2.21. The molecule has 5 heteroatoms. The molecule has 0 saturated carbocycles. The third kappa shape index (κ3) is 2.62. The van der Waals surface area contributed by atoms with Crippen molar-refractivity contribution in [3.05, 3.63) is 23.5 Å². The molecule has 1 aromatic carbocycles. The molecule has 1 rings (SSSR count). The van der Waals surface area contributed by atoms with Crippen molar-refractivity contribution in [2.45, 2.75) is 18.4 Å². The molecule has 0 unspecified atom stereocenters. The second-order valence-corrected chi connectivity index (χ2v) is 4.35. The molecule has 84 valence electrons. The van der Waals surface area contributed by atoms with Crippen LogP contribution in [0.5, 0.6) is 0 Å². The molecular weight excluding hydrogens is 215 g/mol. The number of rotatable bonds is 4. The Kier molecular flexibility index (Phi) is 4.38. The van der Waals surface area contributed by atoms with E-state index < -0.39 is 0 Å². The van der Waals surface area contributed by atoms with E-state index in [1.807, 2.05) is 6.92 Å². The summed E-state index contributed by atoms with van der Waals surface area (Å²) in [6, 6.07) is 2.94. The summed E-state index contributed by atoms with van der Waals surface area (Å²) in [4.78, 5) is 0.481. The number of aliphatic hydroxyl groups excluding tert-OH is 1. The van der Waals surface area contributed by atoms with Crippen LogP contribution in [-0.2, 0) is 6.61 Å². The van der Waals surface area contributed by atoms with E-state index in [2.05, 4.69) is 0 Å². The highest BCUT2D eigenvalue weighted by Crippen LogP contribution is 2.32. The number of halogens is 1. The van der Waals surface area contributed by atoms with Crippen LogP contribution in [0, 0.1) is 5.82 Å². The lowest BCUT2D eigenvalue weighted by molar-refractivity contribution is 0.278. The van der Waals surface area contributed by atoms with Gasteiger partial charge < -0.3 is 10.1 Å². The van der Waals surface area contributed by atoms with Crippen LogP contribution in [0.25, 0.3) is 0 Å². The highest BCUT2D eigenvalue weighted by atomic mass is 32.2. The second kappa shape index (κ2) is 5.34. The lowest BCUT2D eigenvalue weighted by atomic mass is 10.2. The van der Waals surface area contributed by atoms with Gasteiger partial charge in [-0.2, -0.15) is 0 Å². The lowest BCUT2D eigenvalue weighted by Crippen LogP contribution is -2.26. The molecule has 0 aromatic heterocycles. The van der Waals surface area contributed by atoms with E-state index in [9.17, 15) is 9.50 Å². The molecule has 0 heterocycles. The van der Waals surface area contributed by atoms with Gasteiger partial charge in [0, 0.05) is 12.6 Å². The van der Waals surface area contributed by atoms with Crippen LogP contribution in [-0.4, -0.2) is 17.9 Å². The van der Waals surface area contributed by atoms with Crippen molar-refractivity contribution in [2.24, 2.45) is 5.84 Å². The number of thioether (sulfide) groups is 1. The van der Waals surface area contributed by atoms with E-state index >= 15 is 0 Å². The molecular formula is C10H15FN2OS. The average molecular weight is 230 g/mol. The molecule has 0 aliphatic heterocycles. The molecule has 0 aliphatic carbocycles. The van der Waals surface area contributed by atoms with Crippen LogP contribution >= 0.6 is 11.8 Å². The summed E-state index contributed by atoms with van der Waals surface area (Å²) in [5.41, 5.74) is 1.20. The van der Waals surface area contributed by atoms with Crippen LogP contribution in [0.1, 0.15) is 12.5 Å². The van der Waals surface area contributed by atoms with Crippen molar-refractivity contribution in [1.82, 2.24) is 0 Å². The molecule has 0 spiro atoms. The molecule has 0 amide bonds. The fraction of sp³-hybridized carbons (Fsp3) is 0.400. The Bertz CT molecular complexity index is 344. The quantitative estimate of drug-likeness (QED) is 0.470. The summed E-state index contributed by atoms with van der Waals surface area (Å²) in [5, 5.41) is 10.6. The van der Waals surface area contributed by atoms with Crippen molar-refractivity contribution < 1.29 is 9.50 Å². The van der Waals surface area contributed by atoms with Crippen molar-refractivity contribution >= 4 is 17.4 Å². The fourth-order valence-electron chi connectivity index (χ4n) is 1.37. The zero-order chi connectivity index (χ0) is 11.4. The zero-order valence-electron chi connectivity index (χ0n) is 8.83. The van der Waals surface area contributed by atoms with Crippen molar-refractivity contribution in [3.63, 3.8) is 0 Å². The zero-order valence-corrected chi connectivity index (χ0v) is 9.64. The smallest absolute Gasteiger partial charge is 0.137 e. The van der Waals surface area contributed by atoms with Crippen LogP contribution in [0.3, 0.4) is 0 Å². The van der Waals surface area contributed by atoms with Gasteiger partial charge in [0.25, 0.3) is 0 Å². The maximum absolute atomic E-state index is 13.5. The SMILES string of the molecule is CCSc1c(F)ccc(N(C)N)c1CO. The Morgan fingerprint density at radius 3 is 2.67 bits per heavy atom. The first-order chi connectivity index (χ1) is 7.11. The van der Waals surface area contributed by atoms with Gasteiger partial charge in [-0.05, 0) is 17.9 Å². The van der Waals surface area contributed by atoms with Gasteiger partial charge in [0.1, 0.15) is 5.82 Å². The molecule has 3 nitrogen and oxygen atoms in total. The standard InChI is InChI=1S/C10H15FN2OS/c1-3-15-10-7(6-14)9(13(2)12)5-4-8(10)11/h4-5,14H,3,6,12H2,1-2H3. The second-order valence-electron chi connectivity index (χ2n) is 3.08. The number of nitrogens with two attached hydrogens (primary N) is 1. The Balaban J connectivity index is 3.26. The van der Waals surface area contributed by atoms with Gasteiger partial charge in [0.15, 0.2) is 0 Å². The Labute approximate surface area is 93.0 Å². The summed E-state index contributed by atoms with van der Waals surface area (Å²) >= 11 is 1.37. The molecule has 0 atom stereocenters. The highest BCUT2D eigenvalue weighted by Gasteiger charge is 2.14. The van der Waals surface area contributed by atoms with Gasteiger partial charge in [0.05, 0.1) is 17.2 Å². The summed E-state index contributed by atoms with van der Waals surface area (Å²) in [6.45, 7) is 1.72. The van der Waals surface area contributed by atoms with Crippen LogP contribution in [0.15, 0.2) is 17.0 Å². The lowest BCUT2D eigenvalue weighted by Gasteiger charge is -2.18. The predicted octanol–water partition coefficient (Wildman–Crippen LogP) is 1.74. The van der Waals surface area contributed by atoms with Gasteiger partial charge >= 0.3 is 0 Å². The summed E-state index contributed by atoms with van der Waals surface area (Å²) in [5.74, 6) is 6.04. The van der Waals surface area contributed by atoms with E-state index in [1.165, 1.54) is 22.8 Å². The number of hydrogen-bond acceptors (Lipinski definition) is 4. The number of aliphatic hydroxyl groups is 1. The van der Waals surface area contributed by atoms with E-state index in [1.54, 1.807) is 13.1 Å². The van der Waals surface area contributed by atoms with Crippen LogP contribution < -0.4 is 10.9 Å². The molecule has 15 heavy (non-hydrogen) atoms.